The Labute approximate surface area is 438 Å². The molecule has 0 spiro atoms. The molecular formula is C68H65BBrNO. The molecule has 1 atom stereocenters. The third-order valence-electron chi connectivity index (χ3n) is 14.8. The maximum absolute atomic E-state index is 6.71. The Morgan fingerprint density at radius 3 is 1.19 bits per heavy atom. The summed E-state index contributed by atoms with van der Waals surface area (Å²) in [4.78, 5) is 2.38. The number of aryl methyl sites for hydroxylation is 1. The third kappa shape index (κ3) is 10.1. The molecule has 10 rings (SSSR count). The van der Waals surface area contributed by atoms with Gasteiger partial charge in [0.2, 0.25) is 0 Å². The minimum atomic E-state index is 0.0508. The van der Waals surface area contributed by atoms with Gasteiger partial charge in [0.05, 0.1) is 11.4 Å². The summed E-state index contributed by atoms with van der Waals surface area (Å²) in [7, 11) is 2.12. The molecule has 0 N–H and O–H groups in total. The monoisotopic (exact) mass is 1000 g/mol. The van der Waals surface area contributed by atoms with Crippen LogP contribution in [-0.2, 0) is 10.8 Å². The smallest absolute Gasteiger partial charge is 0.152 e. The highest BCUT2D eigenvalue weighted by Gasteiger charge is 2.28. The number of anilines is 3. The highest BCUT2D eigenvalue weighted by molar-refractivity contribution is 9.10. The summed E-state index contributed by atoms with van der Waals surface area (Å²) < 4.78 is 7.68. The first-order valence-corrected chi connectivity index (χ1v) is 26.4. The summed E-state index contributed by atoms with van der Waals surface area (Å²) in [5.41, 5.74) is 23.5. The predicted molar refractivity (Wildman–Crippen MR) is 315 cm³/mol. The van der Waals surface area contributed by atoms with E-state index < -0.39 is 0 Å². The molecule has 358 valence electrons. The minimum Gasteiger partial charge on any atom is -0.453 e. The van der Waals surface area contributed by atoms with Gasteiger partial charge in [-0.3, -0.25) is 0 Å². The second-order valence-corrected chi connectivity index (χ2v) is 23.5. The fourth-order valence-electron chi connectivity index (χ4n) is 9.93. The maximum atomic E-state index is 6.71. The molecule has 1 heterocycles. The lowest BCUT2D eigenvalue weighted by molar-refractivity contribution is 0.477. The van der Waals surface area contributed by atoms with Crippen molar-refractivity contribution in [2.45, 2.75) is 86.0 Å². The lowest BCUT2D eigenvalue weighted by Gasteiger charge is -2.34. The Balaban J connectivity index is 1.23. The number of benzene rings is 9. The van der Waals surface area contributed by atoms with Gasteiger partial charge in [-0.15, -0.1) is 0 Å². The van der Waals surface area contributed by atoms with E-state index in [-0.39, 0.29) is 10.8 Å². The summed E-state index contributed by atoms with van der Waals surface area (Å²) >= 11 is 3.76. The van der Waals surface area contributed by atoms with E-state index in [9.17, 15) is 0 Å². The predicted octanol–water partition coefficient (Wildman–Crippen LogP) is 18.9. The van der Waals surface area contributed by atoms with Crippen LogP contribution in [-0.4, -0.2) is 7.85 Å². The van der Waals surface area contributed by atoms with Gasteiger partial charge >= 0.3 is 0 Å². The minimum absolute atomic E-state index is 0.0508. The van der Waals surface area contributed by atoms with Gasteiger partial charge < -0.3 is 9.64 Å². The molecular weight excluding hydrogens is 937 g/mol. The van der Waals surface area contributed by atoms with Gasteiger partial charge in [-0.05, 0) is 198 Å². The van der Waals surface area contributed by atoms with Crippen LogP contribution >= 0.6 is 15.9 Å². The molecule has 1 aliphatic rings. The summed E-state index contributed by atoms with van der Waals surface area (Å²) in [5, 5.41) is 0. The first kappa shape index (κ1) is 48.7. The molecule has 9 aromatic carbocycles. The second kappa shape index (κ2) is 19.3. The molecule has 2 nitrogen and oxygen atoms in total. The quantitative estimate of drug-likeness (QED) is 0.134. The first-order valence-electron chi connectivity index (χ1n) is 25.6. The van der Waals surface area contributed by atoms with Crippen molar-refractivity contribution < 1.29 is 4.74 Å². The lowest BCUT2D eigenvalue weighted by Crippen LogP contribution is -2.17. The van der Waals surface area contributed by atoms with E-state index in [1.54, 1.807) is 0 Å². The molecule has 1 aliphatic heterocycles. The van der Waals surface area contributed by atoms with Crippen LogP contribution in [0.25, 0.3) is 66.8 Å². The summed E-state index contributed by atoms with van der Waals surface area (Å²) in [6, 6.07) is 70.9. The van der Waals surface area contributed by atoms with Gasteiger partial charge in [0, 0.05) is 10.2 Å². The van der Waals surface area contributed by atoms with Gasteiger partial charge in [0.1, 0.15) is 7.85 Å². The van der Waals surface area contributed by atoms with Crippen LogP contribution in [0.15, 0.2) is 193 Å². The van der Waals surface area contributed by atoms with E-state index in [2.05, 4.69) is 286 Å². The number of rotatable bonds is 9. The highest BCUT2D eigenvalue weighted by atomic mass is 79.9. The van der Waals surface area contributed by atoms with Crippen molar-refractivity contribution >= 4 is 46.3 Å². The fraction of sp³-hybridized carbons (Fsp3) is 0.206. The van der Waals surface area contributed by atoms with E-state index >= 15 is 0 Å². The van der Waals surface area contributed by atoms with Gasteiger partial charge in [-0.1, -0.05) is 192 Å². The molecule has 0 saturated carbocycles. The van der Waals surface area contributed by atoms with Gasteiger partial charge in [-0.2, -0.15) is 0 Å². The zero-order chi connectivity index (χ0) is 50.6. The Bertz CT molecular complexity index is 3390. The van der Waals surface area contributed by atoms with Crippen molar-refractivity contribution in [2.75, 3.05) is 4.90 Å². The largest absolute Gasteiger partial charge is 0.453 e. The van der Waals surface area contributed by atoms with Crippen molar-refractivity contribution in [2.24, 2.45) is 5.92 Å². The Kier molecular flexibility index (Phi) is 13.1. The Hall–Kier alpha value is -6.88. The molecule has 0 unspecified atom stereocenters. The second-order valence-electron chi connectivity index (χ2n) is 22.6. The SMILES string of the molecule is Bc1ccc2c(c1)Oc1cc(Br)ccc1N2c1cc(-c2cc(-c3ccc(C)cc3)cc(-c3ccc(C(C)(C)C)cc3)c2)cc(-c2cc(-c3ccc([C@@H](C)C(C)C)cc3)cc(-c3ccc(C(C)(C)C)cc3)c2)c1. The van der Waals surface area contributed by atoms with Crippen molar-refractivity contribution in [3.8, 4) is 78.3 Å². The molecule has 0 aromatic heterocycles. The Morgan fingerprint density at radius 1 is 0.417 bits per heavy atom. The number of ether oxygens (including phenoxy) is 1. The fourth-order valence-corrected chi connectivity index (χ4v) is 10.3. The number of hydrogen-bond donors (Lipinski definition) is 0. The van der Waals surface area contributed by atoms with Crippen molar-refractivity contribution in [1.29, 1.82) is 0 Å². The zero-order valence-corrected chi connectivity index (χ0v) is 45.4. The van der Waals surface area contributed by atoms with E-state index in [1.807, 2.05) is 0 Å². The van der Waals surface area contributed by atoms with E-state index in [4.69, 9.17) is 4.74 Å². The van der Waals surface area contributed by atoms with E-state index in [0.717, 1.165) is 60.8 Å². The van der Waals surface area contributed by atoms with Gasteiger partial charge in [0.15, 0.2) is 11.5 Å². The van der Waals surface area contributed by atoms with Crippen LogP contribution in [0.1, 0.15) is 90.5 Å². The van der Waals surface area contributed by atoms with Crippen molar-refractivity contribution in [3.05, 3.63) is 215 Å². The topological polar surface area (TPSA) is 12.5 Å². The number of nitrogens with zero attached hydrogens (tertiary/aromatic N) is 1. The van der Waals surface area contributed by atoms with Gasteiger partial charge in [-0.25, -0.2) is 0 Å². The molecule has 72 heavy (non-hydrogen) atoms. The van der Waals surface area contributed by atoms with Crippen LogP contribution in [0, 0.1) is 12.8 Å². The molecule has 0 aliphatic carbocycles. The van der Waals surface area contributed by atoms with Gasteiger partial charge in [0.25, 0.3) is 0 Å². The normalized spacial score (nSPS) is 12.9. The summed E-state index contributed by atoms with van der Waals surface area (Å²) in [6.45, 7) is 22.8. The standard InChI is InChI=1S/C68H65BBrNO/c1-42(2)44(4)45-15-17-47(18-16-45)51-32-53(49-21-25-59(26-22-49)68(8,9)10)36-55(34-51)57-37-56(38-62(39-57)71-63-29-27-60(69)40-65(63)72-66-41-61(70)28-30-64(66)71)54-33-50(46-13-11-43(3)12-14-46)31-52(35-54)48-19-23-58(24-20-48)67(5,6)7/h11-42,44H,69H2,1-10H3/t44-/m0/s1. The van der Waals surface area contributed by atoms with Crippen LogP contribution < -0.4 is 15.1 Å². The summed E-state index contributed by atoms with van der Waals surface area (Å²) in [6.07, 6.45) is 0. The molecule has 0 saturated heterocycles. The van der Waals surface area contributed by atoms with Crippen molar-refractivity contribution in [3.63, 3.8) is 0 Å². The molecule has 0 amide bonds. The van der Waals surface area contributed by atoms with Crippen LogP contribution in [0.3, 0.4) is 0 Å². The number of hydrogen-bond acceptors (Lipinski definition) is 2. The highest BCUT2D eigenvalue weighted by Crippen LogP contribution is 2.52. The maximum Gasteiger partial charge on any atom is 0.152 e. The molecule has 0 radical (unpaired) electrons. The zero-order valence-electron chi connectivity index (χ0n) is 43.8. The van der Waals surface area contributed by atoms with Crippen molar-refractivity contribution in [1.82, 2.24) is 0 Å². The van der Waals surface area contributed by atoms with Crippen LogP contribution in [0.5, 0.6) is 11.5 Å². The molecule has 0 bridgehead atoms. The van der Waals surface area contributed by atoms with Crippen LogP contribution in [0.2, 0.25) is 0 Å². The number of fused-ring (bicyclic) bond motifs is 2. The number of halogens is 1. The lowest BCUT2D eigenvalue weighted by atomic mass is 9.85. The Morgan fingerprint density at radius 2 is 0.778 bits per heavy atom. The van der Waals surface area contributed by atoms with E-state index in [1.165, 1.54) is 66.8 Å². The van der Waals surface area contributed by atoms with Crippen LogP contribution in [0.4, 0.5) is 17.1 Å². The summed E-state index contributed by atoms with van der Waals surface area (Å²) in [5.74, 6) is 2.65. The van der Waals surface area contributed by atoms with E-state index in [0.29, 0.717) is 11.8 Å². The average Bonchev–Trinajstić information content (AvgIpc) is 3.37. The molecule has 4 heteroatoms. The molecule has 9 aromatic rings. The first-order chi connectivity index (χ1) is 34.3. The third-order valence-corrected chi connectivity index (χ3v) is 15.3. The molecule has 0 fully saturated rings. The average molecular weight is 1000 g/mol.